The molecule has 2 aromatic heterocycles. The molecule has 18 heavy (non-hydrogen) atoms. The Balaban J connectivity index is 2.27. The van der Waals surface area contributed by atoms with E-state index in [0.29, 0.717) is 0 Å². The number of aromatic nitrogens is 3. The maximum absolute atomic E-state index is 5.20. The minimum absolute atomic E-state index is 0.0197. The first kappa shape index (κ1) is 12.9. The van der Waals surface area contributed by atoms with Crippen LogP contribution in [0.3, 0.4) is 0 Å². The van der Waals surface area contributed by atoms with Gasteiger partial charge in [0.15, 0.2) is 0 Å². The molecule has 1 atom stereocenters. The molecule has 0 aliphatic heterocycles. The number of nitrogens with zero attached hydrogens (tertiary/aromatic N) is 3. The Kier molecular flexibility index (Phi) is 4.60. The van der Waals surface area contributed by atoms with Crippen LogP contribution >= 0.6 is 11.7 Å². The monoisotopic (exact) mass is 264 g/mol. The van der Waals surface area contributed by atoms with Crippen LogP contribution in [-0.4, -0.2) is 27.4 Å². The summed E-state index contributed by atoms with van der Waals surface area (Å²) < 4.78 is 13.6. The second-order valence-corrected chi connectivity index (χ2v) is 4.43. The van der Waals surface area contributed by atoms with Gasteiger partial charge in [-0.1, -0.05) is 6.92 Å². The van der Waals surface area contributed by atoms with E-state index in [-0.39, 0.29) is 6.04 Å². The fourth-order valence-electron chi connectivity index (χ4n) is 1.69. The zero-order chi connectivity index (χ0) is 12.8. The molecule has 1 unspecified atom stereocenters. The van der Waals surface area contributed by atoms with Crippen molar-refractivity contribution >= 4 is 11.7 Å². The Bertz CT molecular complexity index is 475. The highest BCUT2D eigenvalue weighted by atomic mass is 32.1. The summed E-state index contributed by atoms with van der Waals surface area (Å²) in [6, 6.07) is 1.99. The lowest BCUT2D eigenvalue weighted by molar-refractivity contribution is 0.411. The Hall–Kier alpha value is -1.53. The smallest absolute Gasteiger partial charge is 0.137 e. The van der Waals surface area contributed by atoms with Crippen molar-refractivity contribution < 1.29 is 4.74 Å². The summed E-state index contributed by atoms with van der Waals surface area (Å²) in [7, 11) is 1.64. The largest absolute Gasteiger partial charge is 0.495 e. The summed E-state index contributed by atoms with van der Waals surface area (Å²) in [4.78, 5) is 4.18. The van der Waals surface area contributed by atoms with Gasteiger partial charge in [-0.2, -0.15) is 8.75 Å². The van der Waals surface area contributed by atoms with Gasteiger partial charge in [-0.25, -0.2) is 0 Å². The third-order valence-electron chi connectivity index (χ3n) is 2.58. The second-order valence-electron chi connectivity index (χ2n) is 3.88. The Labute approximate surface area is 111 Å². The minimum Gasteiger partial charge on any atom is -0.495 e. The van der Waals surface area contributed by atoms with Gasteiger partial charge in [-0.3, -0.25) is 4.98 Å². The highest BCUT2D eigenvalue weighted by Crippen LogP contribution is 2.23. The topological polar surface area (TPSA) is 59.9 Å². The third-order valence-corrected chi connectivity index (χ3v) is 3.07. The molecule has 0 radical (unpaired) electrons. The van der Waals surface area contributed by atoms with E-state index in [4.69, 9.17) is 4.74 Å². The third kappa shape index (κ3) is 3.02. The molecule has 1 N–H and O–H groups in total. The molecule has 0 fully saturated rings. The molecule has 0 aromatic carbocycles. The van der Waals surface area contributed by atoms with Crippen molar-refractivity contribution in [3.05, 3.63) is 35.9 Å². The van der Waals surface area contributed by atoms with Gasteiger partial charge < -0.3 is 10.1 Å². The van der Waals surface area contributed by atoms with Crippen molar-refractivity contribution in [2.24, 2.45) is 0 Å². The number of hydrogen-bond donors (Lipinski definition) is 1. The van der Waals surface area contributed by atoms with E-state index in [2.05, 4.69) is 26.0 Å². The van der Waals surface area contributed by atoms with Crippen molar-refractivity contribution in [2.45, 2.75) is 19.4 Å². The average Bonchev–Trinajstić information content (AvgIpc) is 2.93. The molecule has 2 rings (SSSR count). The van der Waals surface area contributed by atoms with E-state index in [1.54, 1.807) is 19.5 Å². The van der Waals surface area contributed by atoms with Crippen molar-refractivity contribution in [2.75, 3.05) is 13.7 Å². The molecule has 0 spiro atoms. The van der Waals surface area contributed by atoms with Crippen molar-refractivity contribution in [3.8, 4) is 5.75 Å². The Morgan fingerprint density at radius 2 is 2.28 bits per heavy atom. The van der Waals surface area contributed by atoms with Gasteiger partial charge in [-0.05, 0) is 24.6 Å². The summed E-state index contributed by atoms with van der Waals surface area (Å²) in [5, 5.41) is 3.45. The zero-order valence-corrected chi connectivity index (χ0v) is 11.3. The molecule has 96 valence electrons. The highest BCUT2D eigenvalue weighted by molar-refractivity contribution is 6.99. The number of nitrogens with one attached hydrogen (secondary N) is 1. The quantitative estimate of drug-likeness (QED) is 0.865. The molecule has 0 amide bonds. The molecule has 0 aliphatic carbocycles. The van der Waals surface area contributed by atoms with Gasteiger partial charge in [0.2, 0.25) is 0 Å². The van der Waals surface area contributed by atoms with Crippen LogP contribution in [0.25, 0.3) is 0 Å². The number of pyridine rings is 1. The molecule has 6 heteroatoms. The van der Waals surface area contributed by atoms with E-state index in [9.17, 15) is 0 Å². The Morgan fingerprint density at radius 1 is 1.39 bits per heavy atom. The van der Waals surface area contributed by atoms with E-state index in [1.165, 1.54) is 11.7 Å². The molecule has 5 nitrogen and oxygen atoms in total. The van der Waals surface area contributed by atoms with Gasteiger partial charge in [0.1, 0.15) is 5.75 Å². The normalized spacial score (nSPS) is 12.3. The fraction of sp³-hybridized carbons (Fsp3) is 0.417. The average molecular weight is 264 g/mol. The molecular weight excluding hydrogens is 248 g/mol. The van der Waals surface area contributed by atoms with Gasteiger partial charge in [-0.15, -0.1) is 0 Å². The van der Waals surface area contributed by atoms with Crippen LogP contribution in [0, 0.1) is 0 Å². The maximum Gasteiger partial charge on any atom is 0.137 e. The summed E-state index contributed by atoms with van der Waals surface area (Å²) in [6.45, 7) is 3.05. The molecule has 0 saturated heterocycles. The van der Waals surface area contributed by atoms with Gasteiger partial charge >= 0.3 is 0 Å². The first-order valence-electron chi connectivity index (χ1n) is 5.85. The molecule has 2 heterocycles. The van der Waals surface area contributed by atoms with Crippen LogP contribution in [0.2, 0.25) is 0 Å². The lowest BCUT2D eigenvalue weighted by Gasteiger charge is -2.16. The van der Waals surface area contributed by atoms with Crippen LogP contribution < -0.4 is 10.1 Å². The molecule has 0 bridgehead atoms. The minimum atomic E-state index is 0.0197. The van der Waals surface area contributed by atoms with Crippen LogP contribution in [-0.2, 0) is 0 Å². The van der Waals surface area contributed by atoms with Crippen LogP contribution in [0.4, 0.5) is 0 Å². The number of rotatable bonds is 6. The predicted octanol–water partition coefficient (Wildman–Crippen LogP) is 2.03. The summed E-state index contributed by atoms with van der Waals surface area (Å²) in [6.07, 6.45) is 6.37. The molecular formula is C12H16N4OS. The summed E-state index contributed by atoms with van der Waals surface area (Å²) in [5.74, 6) is 0.749. The molecule has 0 aliphatic rings. The van der Waals surface area contributed by atoms with Crippen LogP contribution in [0.1, 0.15) is 30.6 Å². The number of ether oxygens (including phenoxy) is 1. The zero-order valence-electron chi connectivity index (χ0n) is 10.5. The van der Waals surface area contributed by atoms with Crippen molar-refractivity contribution in [1.29, 1.82) is 0 Å². The summed E-state index contributed by atoms with van der Waals surface area (Å²) in [5.41, 5.74) is 1.96. The maximum atomic E-state index is 5.20. The highest BCUT2D eigenvalue weighted by Gasteiger charge is 2.16. The van der Waals surface area contributed by atoms with Crippen molar-refractivity contribution in [3.63, 3.8) is 0 Å². The Morgan fingerprint density at radius 3 is 2.94 bits per heavy atom. The predicted molar refractivity (Wildman–Crippen MR) is 70.8 cm³/mol. The number of methoxy groups -OCH3 is 1. The van der Waals surface area contributed by atoms with Crippen LogP contribution in [0.15, 0.2) is 24.7 Å². The summed E-state index contributed by atoms with van der Waals surface area (Å²) >= 11 is 1.21. The first-order chi connectivity index (χ1) is 8.85. The van der Waals surface area contributed by atoms with Gasteiger partial charge in [0, 0.05) is 6.20 Å². The standard InChI is InChI=1S/C12H16N4OS/c1-3-4-14-12(11-8-15-18-16-11)9-5-10(17-2)7-13-6-9/h5-8,12,14H,3-4H2,1-2H3. The second kappa shape index (κ2) is 6.42. The molecule has 0 saturated carbocycles. The van der Waals surface area contributed by atoms with Gasteiger partial charge in [0.25, 0.3) is 0 Å². The lowest BCUT2D eigenvalue weighted by Crippen LogP contribution is -2.23. The fourth-order valence-corrected chi connectivity index (χ4v) is 2.14. The first-order valence-corrected chi connectivity index (χ1v) is 6.58. The van der Waals surface area contributed by atoms with E-state index < -0.39 is 0 Å². The van der Waals surface area contributed by atoms with Gasteiger partial charge in [0.05, 0.1) is 43.0 Å². The molecule has 2 aromatic rings. The van der Waals surface area contributed by atoms with E-state index >= 15 is 0 Å². The van der Waals surface area contributed by atoms with E-state index in [1.807, 2.05) is 12.3 Å². The lowest BCUT2D eigenvalue weighted by atomic mass is 10.1. The van der Waals surface area contributed by atoms with Crippen molar-refractivity contribution in [1.82, 2.24) is 19.0 Å². The van der Waals surface area contributed by atoms with Crippen LogP contribution in [0.5, 0.6) is 5.75 Å². The van der Waals surface area contributed by atoms with E-state index in [0.717, 1.165) is 30.0 Å². The SMILES string of the molecule is CCCNC(c1cncc(OC)c1)c1cnsn1. The number of hydrogen-bond acceptors (Lipinski definition) is 6.